The van der Waals surface area contributed by atoms with Gasteiger partial charge < -0.3 is 9.80 Å². The Morgan fingerprint density at radius 3 is 1.25 bits per heavy atom. The van der Waals surface area contributed by atoms with E-state index < -0.39 is 0 Å². The molecule has 55 heavy (non-hydrogen) atoms. The fraction of sp³-hybridized carbons (Fsp3) is 0.277. The lowest BCUT2D eigenvalue weighted by Crippen LogP contribution is -2.28. The average Bonchev–Trinajstić information content (AvgIpc) is 3.98. The van der Waals surface area contributed by atoms with Gasteiger partial charge in [-0.1, -0.05) is 162 Å². The Bertz CT molecular complexity index is 2080. The highest BCUT2D eigenvalue weighted by atomic mass is 32.2. The number of aryl methyl sites for hydroxylation is 2. The summed E-state index contributed by atoms with van der Waals surface area (Å²) in [7, 11) is 4.30. The van der Waals surface area contributed by atoms with Gasteiger partial charge in [-0.3, -0.25) is 0 Å². The number of anilines is 2. The highest BCUT2D eigenvalue weighted by Gasteiger charge is 2.27. The molecule has 0 saturated carbocycles. The lowest BCUT2D eigenvalue weighted by atomic mass is 10.2. The first kappa shape index (κ1) is 43.6. The number of thiazole rings is 2. The van der Waals surface area contributed by atoms with Crippen LogP contribution in [0.3, 0.4) is 0 Å². The molecule has 4 heterocycles. The van der Waals surface area contributed by atoms with Crippen LogP contribution in [0.2, 0.25) is 0 Å². The molecule has 4 nitrogen and oxygen atoms in total. The molecular weight excluding hydrogens is 749 g/mol. The maximum atomic E-state index is 2.50. The molecule has 4 aromatic carbocycles. The second kappa shape index (κ2) is 22.5. The molecule has 0 N–H and O–H groups in total. The van der Waals surface area contributed by atoms with Gasteiger partial charge in [-0.15, -0.1) is 0 Å². The summed E-state index contributed by atoms with van der Waals surface area (Å²) in [5, 5.41) is 5.04. The van der Waals surface area contributed by atoms with Crippen molar-refractivity contribution in [2.75, 3.05) is 22.9 Å². The lowest BCUT2D eigenvalue weighted by molar-refractivity contribution is -0.642. The van der Waals surface area contributed by atoms with E-state index in [1.54, 1.807) is 0 Å². The number of aromatic nitrogens is 2. The van der Waals surface area contributed by atoms with Crippen LogP contribution >= 0.6 is 46.2 Å². The monoisotopic (exact) mass is 806 g/mol. The molecule has 8 rings (SSSR count). The van der Waals surface area contributed by atoms with Gasteiger partial charge >= 0.3 is 0 Å². The average molecular weight is 807 g/mol. The molecule has 2 aliphatic rings. The van der Waals surface area contributed by atoms with E-state index in [-0.39, 0.29) is 0 Å². The van der Waals surface area contributed by atoms with Gasteiger partial charge in [-0.05, 0) is 55.0 Å². The van der Waals surface area contributed by atoms with Crippen molar-refractivity contribution in [2.24, 2.45) is 14.1 Å². The van der Waals surface area contributed by atoms with E-state index in [0.717, 1.165) is 19.5 Å². The third kappa shape index (κ3) is 10.2. The molecule has 2 aliphatic heterocycles. The van der Waals surface area contributed by atoms with E-state index >= 15 is 0 Å². The van der Waals surface area contributed by atoms with Crippen LogP contribution in [0.4, 0.5) is 11.4 Å². The van der Waals surface area contributed by atoms with Crippen LogP contribution in [0.15, 0.2) is 141 Å². The first-order valence-corrected chi connectivity index (χ1v) is 23.0. The van der Waals surface area contributed by atoms with Crippen LogP contribution < -0.4 is 18.9 Å². The zero-order chi connectivity index (χ0) is 39.7. The van der Waals surface area contributed by atoms with E-state index in [1.165, 1.54) is 61.7 Å². The molecule has 8 heteroatoms. The normalized spacial score (nSPS) is 14.3. The van der Waals surface area contributed by atoms with Crippen LogP contribution in [0.25, 0.3) is 32.6 Å². The Morgan fingerprint density at radius 1 is 0.491 bits per heavy atom. The standard InChI is InChI=1S/C39H34N4S4.4C2H6/c1-40-28-14-3-7-18-32(28)44-36(40)22-11-24-38-42(30-16-5-9-20-34(30)46-38)26-13-27-43-31-17-6-10-21-35(31)47-39(43)25-12-23-37-41(2)29-15-4-8-19-33(29)45-37;4*1-2/h3-12,14-25H,13,26-27H2,1-2H3;4*1-2H3/q+2;;;;. The summed E-state index contributed by atoms with van der Waals surface area (Å²) in [6.07, 6.45) is 14.5. The SMILES string of the molecule is CC.CC.CC.CC.C[n+]1c(C=CC=C2Sc3ccccc3N2CCCN2C(=CC=Cc3sc4ccccc4[n+]3C)Sc3ccccc32)sc2ccccc21. The lowest BCUT2D eigenvalue weighted by Gasteiger charge is -2.24. The zero-order valence-corrected chi connectivity index (χ0v) is 37.5. The van der Waals surface area contributed by atoms with Crippen LogP contribution in [0, 0.1) is 0 Å². The first-order chi connectivity index (χ1) is 27.1. The molecule has 0 atom stereocenters. The third-order valence-electron chi connectivity index (χ3n) is 8.54. The minimum absolute atomic E-state index is 0.949. The summed E-state index contributed by atoms with van der Waals surface area (Å²) in [6, 6.07) is 34.8. The smallest absolute Gasteiger partial charge is 0.262 e. The zero-order valence-electron chi connectivity index (χ0n) is 34.2. The number of hydrogen-bond acceptors (Lipinski definition) is 6. The van der Waals surface area contributed by atoms with E-state index in [0.29, 0.717) is 0 Å². The fourth-order valence-corrected chi connectivity index (χ4v) is 10.5. The van der Waals surface area contributed by atoms with Gasteiger partial charge in [0.1, 0.15) is 23.5 Å². The van der Waals surface area contributed by atoms with Gasteiger partial charge in [0, 0.05) is 47.2 Å². The topological polar surface area (TPSA) is 14.2 Å². The number of benzene rings is 4. The Kier molecular flexibility index (Phi) is 17.8. The van der Waals surface area contributed by atoms with Gasteiger partial charge in [0.25, 0.3) is 10.0 Å². The molecule has 0 fully saturated rings. The number of thioether (sulfide) groups is 2. The summed E-state index contributed by atoms with van der Waals surface area (Å²) < 4.78 is 7.17. The summed E-state index contributed by atoms with van der Waals surface area (Å²) in [4.78, 5) is 7.63. The number of fused-ring (bicyclic) bond motifs is 4. The maximum absolute atomic E-state index is 2.50. The summed E-state index contributed by atoms with van der Waals surface area (Å²) in [6.45, 7) is 17.9. The quantitative estimate of drug-likeness (QED) is 0.142. The molecule has 6 aromatic rings. The molecule has 0 aliphatic carbocycles. The van der Waals surface area contributed by atoms with E-state index in [2.05, 4.69) is 167 Å². The third-order valence-corrected chi connectivity index (χ3v) is 13.2. The second-order valence-electron chi connectivity index (χ2n) is 11.5. The van der Waals surface area contributed by atoms with E-state index in [9.17, 15) is 0 Å². The molecular formula is C47H58N4S4+2. The fourth-order valence-electron chi connectivity index (χ4n) is 6.16. The number of rotatable bonds is 8. The van der Waals surface area contributed by atoms with Crippen LogP contribution in [0.1, 0.15) is 71.8 Å². The van der Waals surface area contributed by atoms with E-state index in [1.807, 2.05) is 102 Å². The highest BCUT2D eigenvalue weighted by molar-refractivity contribution is 8.04. The molecule has 0 unspecified atom stereocenters. The number of hydrogen-bond donors (Lipinski definition) is 0. The van der Waals surface area contributed by atoms with Crippen molar-refractivity contribution in [3.05, 3.63) is 141 Å². The van der Waals surface area contributed by atoms with Gasteiger partial charge in [0.15, 0.2) is 0 Å². The van der Waals surface area contributed by atoms with Crippen LogP contribution in [0.5, 0.6) is 0 Å². The predicted molar refractivity (Wildman–Crippen MR) is 250 cm³/mol. The van der Waals surface area contributed by atoms with Gasteiger partial charge in [0.05, 0.1) is 21.4 Å². The van der Waals surface area contributed by atoms with Crippen LogP contribution in [-0.4, -0.2) is 13.1 Å². The first-order valence-electron chi connectivity index (χ1n) is 19.7. The Labute approximate surface area is 347 Å². The van der Waals surface area contributed by atoms with Crippen LogP contribution in [-0.2, 0) is 14.1 Å². The number of para-hydroxylation sites is 4. The van der Waals surface area contributed by atoms with Crippen molar-refractivity contribution in [1.82, 2.24) is 0 Å². The van der Waals surface area contributed by atoms with Gasteiger partial charge in [0.2, 0.25) is 11.0 Å². The summed E-state index contributed by atoms with van der Waals surface area (Å²) in [5.74, 6) is 0. The molecule has 0 bridgehead atoms. The van der Waals surface area contributed by atoms with Gasteiger partial charge in [-0.2, -0.15) is 9.13 Å². The van der Waals surface area contributed by atoms with Crippen molar-refractivity contribution >= 4 is 90.2 Å². The Hall–Kier alpha value is -4.08. The Morgan fingerprint density at radius 2 is 0.855 bits per heavy atom. The summed E-state index contributed by atoms with van der Waals surface area (Å²) >= 11 is 7.39. The maximum Gasteiger partial charge on any atom is 0.262 e. The number of nitrogens with zero attached hydrogens (tertiary/aromatic N) is 4. The van der Waals surface area contributed by atoms with Gasteiger partial charge in [-0.25, -0.2) is 0 Å². The predicted octanol–water partition coefficient (Wildman–Crippen LogP) is 13.9. The van der Waals surface area contributed by atoms with E-state index in [4.69, 9.17) is 0 Å². The Balaban J connectivity index is 0.000000792. The summed E-state index contributed by atoms with van der Waals surface area (Å²) in [5.41, 5.74) is 5.15. The minimum atomic E-state index is 0.949. The molecule has 288 valence electrons. The number of allylic oxidation sites excluding steroid dienone is 4. The van der Waals surface area contributed by atoms with Crippen molar-refractivity contribution < 1.29 is 9.13 Å². The van der Waals surface area contributed by atoms with Crippen molar-refractivity contribution in [3.63, 3.8) is 0 Å². The molecule has 0 saturated heterocycles. The molecule has 0 spiro atoms. The molecule has 2 aromatic heterocycles. The molecule has 0 amide bonds. The molecule has 0 radical (unpaired) electrons. The highest BCUT2D eigenvalue weighted by Crippen LogP contribution is 2.47. The largest absolute Gasteiger partial charge is 0.335 e. The van der Waals surface area contributed by atoms with Crippen molar-refractivity contribution in [2.45, 2.75) is 71.6 Å². The van der Waals surface area contributed by atoms with Crippen molar-refractivity contribution in [1.29, 1.82) is 0 Å². The second-order valence-corrected chi connectivity index (χ2v) is 15.7. The minimum Gasteiger partial charge on any atom is -0.335 e. The van der Waals surface area contributed by atoms with Crippen molar-refractivity contribution in [3.8, 4) is 0 Å².